The van der Waals surface area contributed by atoms with E-state index in [2.05, 4.69) is 13.8 Å². The second kappa shape index (κ2) is 4.30. The molecule has 5 rings (SSSR count). The van der Waals surface area contributed by atoms with Crippen molar-refractivity contribution in [2.45, 2.75) is 83.3 Å². The van der Waals surface area contributed by atoms with E-state index in [1.54, 1.807) is 0 Å². The van der Waals surface area contributed by atoms with E-state index < -0.39 is 0 Å². The largest absolute Gasteiger partial charge is 0.393 e. The summed E-state index contributed by atoms with van der Waals surface area (Å²) in [6.07, 6.45) is 11.7. The van der Waals surface area contributed by atoms with Gasteiger partial charge in [0, 0.05) is 5.41 Å². The maximum atomic E-state index is 10.1. The van der Waals surface area contributed by atoms with Gasteiger partial charge >= 0.3 is 0 Å². The molecule has 8 atom stereocenters. The van der Waals surface area contributed by atoms with Crippen molar-refractivity contribution >= 4 is 0 Å². The van der Waals surface area contributed by atoms with E-state index in [9.17, 15) is 5.11 Å². The van der Waals surface area contributed by atoms with Gasteiger partial charge in [0.25, 0.3) is 0 Å². The fourth-order valence-electron chi connectivity index (χ4n) is 7.89. The van der Waals surface area contributed by atoms with Gasteiger partial charge in [-0.05, 0) is 86.9 Å². The lowest BCUT2D eigenvalue weighted by Gasteiger charge is -2.60. The van der Waals surface area contributed by atoms with Crippen LogP contribution >= 0.6 is 0 Å². The fraction of sp³-hybridized carbons (Fsp3) is 1.00. The Morgan fingerprint density at radius 1 is 0.909 bits per heavy atom. The molecule has 0 amide bonds. The summed E-state index contributed by atoms with van der Waals surface area (Å²) in [5, 5.41) is 10.1. The first-order valence-electron chi connectivity index (χ1n) is 9.81. The minimum Gasteiger partial charge on any atom is -0.393 e. The van der Waals surface area contributed by atoms with Gasteiger partial charge in [-0.3, -0.25) is 0 Å². The third-order valence-corrected chi connectivity index (χ3v) is 9.42. The fourth-order valence-corrected chi connectivity index (χ4v) is 7.89. The van der Waals surface area contributed by atoms with Crippen LogP contribution in [0.5, 0.6) is 0 Å². The molecule has 4 saturated carbocycles. The monoisotopic (exact) mass is 304 g/mol. The van der Waals surface area contributed by atoms with Crippen molar-refractivity contribution in [2.24, 2.45) is 34.5 Å². The van der Waals surface area contributed by atoms with Crippen LogP contribution < -0.4 is 0 Å². The molecular formula is C20H32O2. The number of ether oxygens (including phenoxy) is 1. The van der Waals surface area contributed by atoms with Crippen molar-refractivity contribution in [2.75, 3.05) is 6.61 Å². The zero-order valence-electron chi connectivity index (χ0n) is 14.3. The lowest BCUT2D eigenvalue weighted by atomic mass is 9.44. The van der Waals surface area contributed by atoms with E-state index >= 15 is 0 Å². The van der Waals surface area contributed by atoms with Crippen LogP contribution in [0.3, 0.4) is 0 Å². The average molecular weight is 304 g/mol. The molecule has 0 aromatic heterocycles. The first-order chi connectivity index (χ1) is 10.5. The van der Waals surface area contributed by atoms with Crippen LogP contribution in [0, 0.1) is 34.5 Å². The van der Waals surface area contributed by atoms with Crippen molar-refractivity contribution in [3.63, 3.8) is 0 Å². The highest BCUT2D eigenvalue weighted by molar-refractivity contribution is 5.18. The van der Waals surface area contributed by atoms with Gasteiger partial charge in [-0.25, -0.2) is 0 Å². The van der Waals surface area contributed by atoms with Gasteiger partial charge in [0.15, 0.2) is 0 Å². The van der Waals surface area contributed by atoms with Crippen LogP contribution in [0.1, 0.15) is 71.6 Å². The van der Waals surface area contributed by atoms with Gasteiger partial charge < -0.3 is 9.84 Å². The normalized spacial score (nSPS) is 63.1. The van der Waals surface area contributed by atoms with Crippen molar-refractivity contribution in [1.29, 1.82) is 0 Å². The number of hydrogen-bond acceptors (Lipinski definition) is 2. The highest BCUT2D eigenvalue weighted by Gasteiger charge is 2.69. The van der Waals surface area contributed by atoms with E-state index in [1.807, 2.05) is 0 Å². The summed E-state index contributed by atoms with van der Waals surface area (Å²) in [5.74, 6) is 3.57. The summed E-state index contributed by atoms with van der Waals surface area (Å²) in [7, 11) is 0. The molecule has 5 aliphatic rings. The minimum atomic E-state index is -0.0157. The minimum absolute atomic E-state index is 0.0157. The van der Waals surface area contributed by atoms with Gasteiger partial charge in [0.05, 0.1) is 18.3 Å². The molecule has 1 heterocycles. The van der Waals surface area contributed by atoms with E-state index in [-0.39, 0.29) is 6.10 Å². The van der Waals surface area contributed by atoms with Crippen molar-refractivity contribution < 1.29 is 9.84 Å². The predicted octanol–water partition coefficient (Wildman–Crippen LogP) is 4.16. The van der Waals surface area contributed by atoms with Gasteiger partial charge in [-0.1, -0.05) is 13.8 Å². The van der Waals surface area contributed by atoms with Crippen LogP contribution in [0.15, 0.2) is 0 Å². The Labute approximate surface area is 135 Å². The number of aliphatic hydroxyl groups is 1. The standard InChI is InChI=1S/C20H32O2/c1-18-8-5-14(21)11-13(18)3-4-15-16(18)6-9-19(2)17(15)7-10-20(19)12-22-20/h13-17,21H,3-12H2,1-2H3/t13-,14+,15+,16-,17-,18-,19-,20+/m0/s1. The third-order valence-electron chi connectivity index (χ3n) is 9.42. The quantitative estimate of drug-likeness (QED) is 0.682. The van der Waals surface area contributed by atoms with Crippen molar-refractivity contribution in [3.8, 4) is 0 Å². The third kappa shape index (κ3) is 1.59. The first-order valence-corrected chi connectivity index (χ1v) is 9.81. The summed E-state index contributed by atoms with van der Waals surface area (Å²) < 4.78 is 6.02. The number of hydrogen-bond donors (Lipinski definition) is 1. The van der Waals surface area contributed by atoms with Crippen molar-refractivity contribution in [1.82, 2.24) is 0 Å². The van der Waals surface area contributed by atoms with Crippen LogP contribution in [-0.4, -0.2) is 23.4 Å². The van der Waals surface area contributed by atoms with Crippen LogP contribution in [0.2, 0.25) is 0 Å². The molecule has 124 valence electrons. The van der Waals surface area contributed by atoms with Crippen LogP contribution in [0.4, 0.5) is 0 Å². The summed E-state index contributed by atoms with van der Waals surface area (Å²) in [5.41, 5.74) is 1.29. The number of fused-ring (bicyclic) bond motifs is 6. The Morgan fingerprint density at radius 3 is 2.45 bits per heavy atom. The van der Waals surface area contributed by atoms with Gasteiger partial charge in [-0.2, -0.15) is 0 Å². The maximum absolute atomic E-state index is 10.1. The average Bonchev–Trinajstić information content (AvgIpc) is 3.22. The number of aliphatic hydroxyl groups excluding tert-OH is 1. The van der Waals surface area contributed by atoms with E-state index in [0.717, 1.165) is 43.1 Å². The maximum Gasteiger partial charge on any atom is 0.0972 e. The molecule has 5 fully saturated rings. The van der Waals surface area contributed by atoms with Gasteiger partial charge in [0.1, 0.15) is 0 Å². The smallest absolute Gasteiger partial charge is 0.0972 e. The molecule has 1 aliphatic heterocycles. The molecule has 1 N–H and O–H groups in total. The highest BCUT2D eigenvalue weighted by Crippen LogP contribution is 2.71. The molecule has 2 nitrogen and oxygen atoms in total. The molecule has 0 radical (unpaired) electrons. The molecule has 2 heteroatoms. The summed E-state index contributed by atoms with van der Waals surface area (Å²) in [4.78, 5) is 0. The molecule has 0 unspecified atom stereocenters. The molecule has 0 bridgehead atoms. The second-order valence-electron chi connectivity index (χ2n) is 9.86. The highest BCUT2D eigenvalue weighted by atomic mass is 16.6. The van der Waals surface area contributed by atoms with Gasteiger partial charge in [0.2, 0.25) is 0 Å². The van der Waals surface area contributed by atoms with E-state index in [1.165, 1.54) is 44.9 Å². The van der Waals surface area contributed by atoms with Crippen molar-refractivity contribution in [3.05, 3.63) is 0 Å². The Hall–Kier alpha value is -0.0800. The number of rotatable bonds is 0. The first kappa shape index (κ1) is 14.3. The summed E-state index contributed by atoms with van der Waals surface area (Å²) in [6.45, 7) is 6.19. The lowest BCUT2D eigenvalue weighted by Crippen LogP contribution is -2.54. The summed E-state index contributed by atoms with van der Waals surface area (Å²) in [6, 6.07) is 0. The Morgan fingerprint density at radius 2 is 1.68 bits per heavy atom. The zero-order valence-corrected chi connectivity index (χ0v) is 14.3. The molecule has 4 aliphatic carbocycles. The van der Waals surface area contributed by atoms with E-state index in [4.69, 9.17) is 4.74 Å². The molecule has 0 aromatic rings. The Bertz CT molecular complexity index is 484. The van der Waals surface area contributed by atoms with E-state index in [0.29, 0.717) is 16.4 Å². The SMILES string of the molecule is C[C@]12CC[C@@H](O)C[C@@H]1CC[C@@H]1[C@@H]2CC[C@@]2(C)[C@H]1CC[C@@]21CO1. The molecule has 0 aromatic carbocycles. The van der Waals surface area contributed by atoms with Gasteiger partial charge in [-0.15, -0.1) is 0 Å². The number of epoxide rings is 1. The lowest BCUT2D eigenvalue weighted by molar-refractivity contribution is -0.128. The Kier molecular flexibility index (Phi) is 2.79. The topological polar surface area (TPSA) is 32.8 Å². The molecule has 22 heavy (non-hydrogen) atoms. The van der Waals surface area contributed by atoms with Crippen LogP contribution in [0.25, 0.3) is 0 Å². The Balaban J connectivity index is 1.46. The molecule has 1 spiro atoms. The summed E-state index contributed by atoms with van der Waals surface area (Å²) >= 11 is 0. The predicted molar refractivity (Wildman–Crippen MR) is 86.4 cm³/mol. The molecular weight excluding hydrogens is 272 g/mol. The van der Waals surface area contributed by atoms with Crippen LogP contribution in [-0.2, 0) is 4.74 Å². The molecule has 1 saturated heterocycles. The second-order valence-corrected chi connectivity index (χ2v) is 9.86. The zero-order chi connectivity index (χ0) is 15.2.